The van der Waals surface area contributed by atoms with Gasteiger partial charge in [0.15, 0.2) is 17.6 Å². The first-order valence-electron chi connectivity index (χ1n) is 8.28. The van der Waals surface area contributed by atoms with Gasteiger partial charge in [0.1, 0.15) is 0 Å². The van der Waals surface area contributed by atoms with Crippen LogP contribution >= 0.6 is 0 Å². The minimum atomic E-state index is -5.80. The van der Waals surface area contributed by atoms with Gasteiger partial charge in [0.25, 0.3) is 0 Å². The lowest BCUT2D eigenvalue weighted by Crippen LogP contribution is -2.33. The molecule has 0 aromatic carbocycles. The molecule has 2 aromatic rings. The van der Waals surface area contributed by atoms with Crippen LogP contribution in [0.15, 0.2) is 12.3 Å². The van der Waals surface area contributed by atoms with Crippen LogP contribution in [0.5, 0.6) is 0 Å². The van der Waals surface area contributed by atoms with Crippen LogP contribution in [0.3, 0.4) is 0 Å². The number of hydrogen-bond donors (Lipinski definition) is 0. The summed E-state index contributed by atoms with van der Waals surface area (Å²) in [4.78, 5) is 15.9. The largest absolute Gasteiger partial charge is 0.461 e. The Morgan fingerprint density at radius 1 is 1.33 bits per heavy atom. The van der Waals surface area contributed by atoms with E-state index in [1.165, 1.54) is 11.6 Å². The molecule has 0 aliphatic carbocycles. The van der Waals surface area contributed by atoms with E-state index in [1.54, 1.807) is 0 Å². The van der Waals surface area contributed by atoms with Crippen molar-refractivity contribution in [3.8, 4) is 0 Å². The molecule has 1 fully saturated rings. The van der Waals surface area contributed by atoms with E-state index in [0.29, 0.717) is 25.3 Å². The number of ether oxygens (including phenoxy) is 2. The van der Waals surface area contributed by atoms with Gasteiger partial charge in [-0.1, -0.05) is 0 Å². The molecule has 0 bridgehead atoms. The molecule has 0 N–H and O–H groups in total. The third kappa shape index (κ3) is 3.47. The molecule has 2 aromatic heterocycles. The number of pyridine rings is 1. The monoisotopic (exact) mass is 393 g/mol. The highest BCUT2D eigenvalue weighted by atomic mass is 19.4. The number of carbonyl (C=O) groups is 1. The molecule has 3 rings (SSSR count). The van der Waals surface area contributed by atoms with E-state index in [2.05, 4.69) is 10.1 Å². The molecule has 148 valence electrons. The van der Waals surface area contributed by atoms with Gasteiger partial charge >= 0.3 is 18.1 Å². The fourth-order valence-corrected chi connectivity index (χ4v) is 2.83. The second-order valence-corrected chi connectivity index (χ2v) is 6.00. The topological polar surface area (TPSA) is 66.2 Å². The molecule has 1 atom stereocenters. The molecule has 1 unspecified atom stereocenters. The van der Waals surface area contributed by atoms with Crippen molar-refractivity contribution in [3.05, 3.63) is 23.5 Å². The van der Waals surface area contributed by atoms with Gasteiger partial charge in [-0.05, 0) is 32.3 Å². The highest BCUT2D eigenvalue weighted by Crippen LogP contribution is 2.44. The molecule has 1 aliphatic heterocycles. The molecule has 3 heterocycles. The molecule has 0 radical (unpaired) electrons. The Hall–Kier alpha value is -2.30. The molecule has 1 saturated heterocycles. The zero-order valence-electron chi connectivity index (χ0n) is 14.2. The summed E-state index contributed by atoms with van der Waals surface area (Å²) in [5, 5.41) is 3.80. The number of alkyl halides is 5. The van der Waals surface area contributed by atoms with Crippen molar-refractivity contribution < 1.29 is 36.2 Å². The van der Waals surface area contributed by atoms with Gasteiger partial charge in [-0.2, -0.15) is 27.1 Å². The average molecular weight is 393 g/mol. The van der Waals surface area contributed by atoms with Crippen LogP contribution in [-0.2, 0) is 15.4 Å². The Balaban J connectivity index is 2.15. The summed E-state index contributed by atoms with van der Waals surface area (Å²) in [6, 6.07) is 0.578. The average Bonchev–Trinajstić information content (AvgIpc) is 3.00. The molecule has 1 aliphatic rings. The van der Waals surface area contributed by atoms with Gasteiger partial charge in [-0.3, -0.25) is 0 Å². The Labute approximate surface area is 150 Å². The van der Waals surface area contributed by atoms with E-state index >= 15 is 0 Å². The minimum absolute atomic E-state index is 0.0149. The smallest absolute Gasteiger partial charge is 0.458 e. The van der Waals surface area contributed by atoms with Crippen molar-refractivity contribution in [2.45, 2.75) is 44.5 Å². The van der Waals surface area contributed by atoms with E-state index in [1.807, 2.05) is 0 Å². The van der Waals surface area contributed by atoms with E-state index in [4.69, 9.17) is 9.47 Å². The fraction of sp³-hybridized carbons (Fsp3) is 0.562. The standard InChI is InChI=1S/C16H16F5N3O3/c1-2-26-14(25)12-10-7-9(15(17,18)16(19,20)21)8-22-13(10)24(23-12)11-5-3-4-6-27-11/h7-8,11H,2-6H2,1H3. The first kappa shape index (κ1) is 19.5. The molecule has 0 amide bonds. The fourth-order valence-electron chi connectivity index (χ4n) is 2.83. The number of nitrogens with zero attached hydrogens (tertiary/aromatic N) is 3. The Morgan fingerprint density at radius 3 is 2.67 bits per heavy atom. The van der Waals surface area contributed by atoms with Crippen LogP contribution < -0.4 is 0 Å². The number of fused-ring (bicyclic) bond motifs is 1. The Bertz CT molecular complexity index is 844. The zero-order chi connectivity index (χ0) is 19.8. The molecular formula is C16H16F5N3O3. The summed E-state index contributed by atoms with van der Waals surface area (Å²) in [5.41, 5.74) is -1.78. The lowest BCUT2D eigenvalue weighted by molar-refractivity contribution is -0.289. The summed E-state index contributed by atoms with van der Waals surface area (Å²) < 4.78 is 77.1. The molecule has 0 saturated carbocycles. The van der Waals surface area contributed by atoms with Crippen LogP contribution in [0, 0.1) is 0 Å². The summed E-state index contributed by atoms with van der Waals surface area (Å²) in [5.74, 6) is -6.06. The minimum Gasteiger partial charge on any atom is -0.461 e. The zero-order valence-corrected chi connectivity index (χ0v) is 14.2. The number of carbonyl (C=O) groups excluding carboxylic acids is 1. The number of rotatable bonds is 4. The Morgan fingerprint density at radius 2 is 2.07 bits per heavy atom. The van der Waals surface area contributed by atoms with Gasteiger partial charge < -0.3 is 9.47 Å². The molecule has 11 heteroatoms. The highest BCUT2D eigenvalue weighted by molar-refractivity contribution is 6.01. The normalized spacial score (nSPS) is 18.7. The van der Waals surface area contributed by atoms with Crippen LogP contribution in [0.4, 0.5) is 22.0 Å². The second kappa shape index (κ2) is 7.02. The first-order chi connectivity index (χ1) is 12.7. The van der Waals surface area contributed by atoms with Gasteiger partial charge in [0, 0.05) is 18.4 Å². The number of esters is 1. The predicted octanol–water partition coefficient (Wildman–Crippen LogP) is 3.96. The third-order valence-electron chi connectivity index (χ3n) is 4.16. The lowest BCUT2D eigenvalue weighted by atomic mass is 10.1. The molecule has 27 heavy (non-hydrogen) atoms. The quantitative estimate of drug-likeness (QED) is 0.581. The lowest BCUT2D eigenvalue weighted by Gasteiger charge is -2.23. The van der Waals surface area contributed by atoms with Crippen molar-refractivity contribution in [3.63, 3.8) is 0 Å². The highest BCUT2D eigenvalue weighted by Gasteiger charge is 2.59. The second-order valence-electron chi connectivity index (χ2n) is 6.00. The summed E-state index contributed by atoms with van der Waals surface area (Å²) >= 11 is 0. The van der Waals surface area contributed by atoms with Crippen LogP contribution in [0.1, 0.15) is 48.5 Å². The van der Waals surface area contributed by atoms with Crippen LogP contribution in [0.25, 0.3) is 11.0 Å². The van der Waals surface area contributed by atoms with Crippen molar-refractivity contribution in [2.75, 3.05) is 13.2 Å². The third-order valence-corrected chi connectivity index (χ3v) is 4.16. The maximum atomic E-state index is 13.7. The molecular weight excluding hydrogens is 377 g/mol. The van der Waals surface area contributed by atoms with E-state index in [9.17, 15) is 26.7 Å². The number of aromatic nitrogens is 3. The predicted molar refractivity (Wildman–Crippen MR) is 82.3 cm³/mol. The van der Waals surface area contributed by atoms with E-state index in [0.717, 1.165) is 12.8 Å². The summed E-state index contributed by atoms with van der Waals surface area (Å²) in [7, 11) is 0. The van der Waals surface area contributed by atoms with Gasteiger partial charge in [0.05, 0.1) is 12.0 Å². The van der Waals surface area contributed by atoms with Crippen LogP contribution in [0.2, 0.25) is 0 Å². The van der Waals surface area contributed by atoms with E-state index < -0.39 is 29.9 Å². The van der Waals surface area contributed by atoms with Gasteiger partial charge in [-0.15, -0.1) is 0 Å². The Kier molecular flexibility index (Phi) is 5.06. The van der Waals surface area contributed by atoms with Crippen molar-refractivity contribution in [1.29, 1.82) is 0 Å². The number of hydrogen-bond acceptors (Lipinski definition) is 5. The van der Waals surface area contributed by atoms with Crippen molar-refractivity contribution >= 4 is 17.0 Å². The first-order valence-corrected chi connectivity index (χ1v) is 8.28. The molecule has 6 nitrogen and oxygen atoms in total. The van der Waals surface area contributed by atoms with Crippen molar-refractivity contribution in [2.24, 2.45) is 0 Å². The summed E-state index contributed by atoms with van der Waals surface area (Å²) in [6.07, 6.45) is -3.77. The SMILES string of the molecule is CCOC(=O)c1nn(C2CCCCO2)c2ncc(C(F)(F)C(F)(F)F)cc12. The maximum Gasteiger partial charge on any atom is 0.458 e. The molecule has 0 spiro atoms. The van der Waals surface area contributed by atoms with E-state index in [-0.39, 0.29) is 23.3 Å². The van der Waals surface area contributed by atoms with Gasteiger partial charge in [0.2, 0.25) is 0 Å². The van der Waals surface area contributed by atoms with Gasteiger partial charge in [-0.25, -0.2) is 14.5 Å². The maximum absolute atomic E-state index is 13.7. The van der Waals surface area contributed by atoms with Crippen molar-refractivity contribution in [1.82, 2.24) is 14.8 Å². The summed E-state index contributed by atoms with van der Waals surface area (Å²) in [6.45, 7) is 1.95. The number of halogens is 5. The van der Waals surface area contributed by atoms with Crippen LogP contribution in [-0.4, -0.2) is 40.1 Å².